The van der Waals surface area contributed by atoms with Gasteiger partial charge in [-0.15, -0.1) is 0 Å². The highest BCUT2D eigenvalue weighted by atomic mass is 16.3. The van der Waals surface area contributed by atoms with Crippen molar-refractivity contribution >= 4 is 5.84 Å². The third-order valence-electron chi connectivity index (χ3n) is 3.78. The minimum atomic E-state index is -0.636. The monoisotopic (exact) mass is 290 g/mol. The van der Waals surface area contributed by atoms with Crippen LogP contribution in [0.25, 0.3) is 0 Å². The standard InChI is InChI=1S/C16H26N4O/c1-16(2,21)12-20-9-7-19(8-10-20)11-13-5-3-4-6-14(13)15(17)18/h3-6,21H,7-12H2,1-2H3,(H3,17,18). The molecule has 0 amide bonds. The molecule has 0 spiro atoms. The van der Waals surface area contributed by atoms with Crippen LogP contribution in [0.4, 0.5) is 0 Å². The Kier molecular flexibility index (Phi) is 4.98. The number of hydrogen-bond donors (Lipinski definition) is 3. The zero-order valence-electron chi connectivity index (χ0n) is 13.0. The number of rotatable bonds is 5. The second-order valence-electron chi connectivity index (χ2n) is 6.44. The van der Waals surface area contributed by atoms with E-state index in [1.165, 1.54) is 0 Å². The summed E-state index contributed by atoms with van der Waals surface area (Å²) in [5.41, 5.74) is 6.95. The topological polar surface area (TPSA) is 76.6 Å². The van der Waals surface area contributed by atoms with Crippen molar-refractivity contribution in [1.82, 2.24) is 9.80 Å². The van der Waals surface area contributed by atoms with Crippen LogP contribution in [-0.4, -0.2) is 59.1 Å². The van der Waals surface area contributed by atoms with Crippen molar-refractivity contribution < 1.29 is 5.11 Å². The Morgan fingerprint density at radius 1 is 1.19 bits per heavy atom. The molecular formula is C16H26N4O. The van der Waals surface area contributed by atoms with Crippen molar-refractivity contribution in [3.05, 3.63) is 35.4 Å². The van der Waals surface area contributed by atoms with Gasteiger partial charge in [-0.05, 0) is 19.4 Å². The molecule has 0 unspecified atom stereocenters. The number of nitrogens with one attached hydrogen (secondary N) is 1. The van der Waals surface area contributed by atoms with Crippen LogP contribution < -0.4 is 5.73 Å². The van der Waals surface area contributed by atoms with Gasteiger partial charge < -0.3 is 10.8 Å². The molecule has 1 aliphatic rings. The minimum absolute atomic E-state index is 0.131. The molecule has 5 heteroatoms. The molecule has 0 atom stereocenters. The molecule has 1 aromatic carbocycles. The molecule has 0 saturated carbocycles. The van der Waals surface area contributed by atoms with Gasteiger partial charge in [-0.3, -0.25) is 15.2 Å². The summed E-state index contributed by atoms with van der Waals surface area (Å²) in [6, 6.07) is 7.86. The number of nitrogen functional groups attached to an aromatic ring is 1. The predicted octanol–water partition coefficient (Wildman–Crippen LogP) is 0.859. The molecule has 21 heavy (non-hydrogen) atoms. The molecule has 1 saturated heterocycles. The first kappa shape index (κ1) is 15.9. The van der Waals surface area contributed by atoms with Crippen LogP contribution in [-0.2, 0) is 6.54 Å². The van der Waals surface area contributed by atoms with Gasteiger partial charge in [-0.1, -0.05) is 24.3 Å². The van der Waals surface area contributed by atoms with E-state index in [1.54, 1.807) is 0 Å². The van der Waals surface area contributed by atoms with Crippen LogP contribution in [0, 0.1) is 5.41 Å². The number of hydrogen-bond acceptors (Lipinski definition) is 4. The van der Waals surface area contributed by atoms with Crippen molar-refractivity contribution in [1.29, 1.82) is 5.41 Å². The molecular weight excluding hydrogens is 264 g/mol. The van der Waals surface area contributed by atoms with Gasteiger partial charge in [0.15, 0.2) is 0 Å². The quantitative estimate of drug-likeness (QED) is 0.555. The molecule has 1 fully saturated rings. The summed E-state index contributed by atoms with van der Waals surface area (Å²) in [6.45, 7) is 9.12. The van der Waals surface area contributed by atoms with Gasteiger partial charge in [0.25, 0.3) is 0 Å². The molecule has 1 aliphatic heterocycles. The first-order valence-electron chi connectivity index (χ1n) is 7.44. The van der Waals surface area contributed by atoms with E-state index < -0.39 is 5.60 Å². The van der Waals surface area contributed by atoms with Crippen molar-refractivity contribution in [2.75, 3.05) is 32.7 Å². The molecule has 2 rings (SSSR count). The van der Waals surface area contributed by atoms with Crippen LogP contribution in [0.1, 0.15) is 25.0 Å². The lowest BCUT2D eigenvalue weighted by Crippen LogP contribution is -2.50. The van der Waals surface area contributed by atoms with E-state index in [0.717, 1.165) is 43.9 Å². The average Bonchev–Trinajstić information content (AvgIpc) is 2.40. The normalized spacial score (nSPS) is 17.9. The highest BCUT2D eigenvalue weighted by Crippen LogP contribution is 2.14. The summed E-state index contributed by atoms with van der Waals surface area (Å²) in [7, 11) is 0. The van der Waals surface area contributed by atoms with E-state index >= 15 is 0 Å². The van der Waals surface area contributed by atoms with Crippen molar-refractivity contribution in [3.63, 3.8) is 0 Å². The lowest BCUT2D eigenvalue weighted by molar-refractivity contribution is 0.0167. The van der Waals surface area contributed by atoms with E-state index in [9.17, 15) is 5.11 Å². The molecule has 0 aromatic heterocycles. The van der Waals surface area contributed by atoms with E-state index in [0.29, 0.717) is 6.54 Å². The maximum Gasteiger partial charge on any atom is 0.123 e. The van der Waals surface area contributed by atoms with Crippen molar-refractivity contribution in [3.8, 4) is 0 Å². The highest BCUT2D eigenvalue weighted by Gasteiger charge is 2.23. The summed E-state index contributed by atoms with van der Waals surface area (Å²) in [4.78, 5) is 4.68. The Balaban J connectivity index is 1.91. The second-order valence-corrected chi connectivity index (χ2v) is 6.44. The fourth-order valence-electron chi connectivity index (χ4n) is 2.81. The molecule has 0 aliphatic carbocycles. The van der Waals surface area contributed by atoms with Gasteiger partial charge in [-0.25, -0.2) is 0 Å². The molecule has 5 nitrogen and oxygen atoms in total. The Morgan fingerprint density at radius 2 is 1.76 bits per heavy atom. The zero-order valence-corrected chi connectivity index (χ0v) is 13.0. The summed E-state index contributed by atoms with van der Waals surface area (Å²) >= 11 is 0. The number of amidine groups is 1. The second kappa shape index (κ2) is 6.56. The summed E-state index contributed by atoms with van der Waals surface area (Å²) in [5, 5.41) is 17.5. The van der Waals surface area contributed by atoms with Gasteiger partial charge in [0.05, 0.1) is 5.60 Å². The number of benzene rings is 1. The Labute approximate surface area is 126 Å². The third kappa shape index (κ3) is 4.81. The lowest BCUT2D eigenvalue weighted by Gasteiger charge is -2.37. The SMILES string of the molecule is CC(C)(O)CN1CCN(Cc2ccccc2C(=N)N)CC1. The summed E-state index contributed by atoms with van der Waals surface area (Å²) < 4.78 is 0. The van der Waals surface area contributed by atoms with Gasteiger partial charge in [0.2, 0.25) is 0 Å². The number of aliphatic hydroxyl groups is 1. The molecule has 1 aromatic rings. The van der Waals surface area contributed by atoms with E-state index in [-0.39, 0.29) is 5.84 Å². The largest absolute Gasteiger partial charge is 0.389 e. The van der Waals surface area contributed by atoms with Crippen molar-refractivity contribution in [2.24, 2.45) is 5.73 Å². The average molecular weight is 290 g/mol. The Bertz CT molecular complexity index is 487. The fraction of sp³-hybridized carbons (Fsp3) is 0.562. The lowest BCUT2D eigenvalue weighted by atomic mass is 10.1. The maximum atomic E-state index is 9.88. The molecule has 0 bridgehead atoms. The fourth-order valence-corrected chi connectivity index (χ4v) is 2.81. The van der Waals surface area contributed by atoms with Gasteiger partial charge in [0.1, 0.15) is 5.84 Å². The van der Waals surface area contributed by atoms with E-state index in [2.05, 4.69) is 9.80 Å². The first-order chi connectivity index (χ1) is 9.85. The van der Waals surface area contributed by atoms with Gasteiger partial charge >= 0.3 is 0 Å². The van der Waals surface area contributed by atoms with Crippen LogP contribution in [0.15, 0.2) is 24.3 Å². The van der Waals surface area contributed by atoms with Crippen LogP contribution >= 0.6 is 0 Å². The Hall–Kier alpha value is -1.43. The first-order valence-corrected chi connectivity index (χ1v) is 7.44. The number of nitrogens with zero attached hydrogens (tertiary/aromatic N) is 2. The third-order valence-corrected chi connectivity index (χ3v) is 3.78. The zero-order chi connectivity index (χ0) is 15.5. The molecule has 116 valence electrons. The molecule has 4 N–H and O–H groups in total. The number of nitrogens with two attached hydrogens (primary N) is 1. The van der Waals surface area contributed by atoms with Crippen LogP contribution in [0.5, 0.6) is 0 Å². The highest BCUT2D eigenvalue weighted by molar-refractivity contribution is 5.96. The number of β-amino-alcohol motifs (C(OH)–C–C–N with tert-alkyl or cyclic N) is 1. The summed E-state index contributed by atoms with van der Waals surface area (Å²) in [6.07, 6.45) is 0. The van der Waals surface area contributed by atoms with Gasteiger partial charge in [-0.2, -0.15) is 0 Å². The number of piperazine rings is 1. The maximum absolute atomic E-state index is 9.88. The molecule has 0 radical (unpaired) electrons. The Morgan fingerprint density at radius 3 is 2.33 bits per heavy atom. The van der Waals surface area contributed by atoms with Gasteiger partial charge in [0, 0.05) is 44.8 Å². The van der Waals surface area contributed by atoms with E-state index in [4.69, 9.17) is 11.1 Å². The minimum Gasteiger partial charge on any atom is -0.389 e. The smallest absolute Gasteiger partial charge is 0.123 e. The summed E-state index contributed by atoms with van der Waals surface area (Å²) in [5.74, 6) is 0.131. The van der Waals surface area contributed by atoms with E-state index in [1.807, 2.05) is 38.1 Å². The molecule has 1 heterocycles. The van der Waals surface area contributed by atoms with Crippen LogP contribution in [0.2, 0.25) is 0 Å². The van der Waals surface area contributed by atoms with Crippen LogP contribution in [0.3, 0.4) is 0 Å². The predicted molar refractivity (Wildman–Crippen MR) is 85.5 cm³/mol. The van der Waals surface area contributed by atoms with Crippen molar-refractivity contribution in [2.45, 2.75) is 26.0 Å².